The Morgan fingerprint density at radius 1 is 1.38 bits per heavy atom. The van der Waals surface area contributed by atoms with Crippen molar-refractivity contribution >= 4 is 5.91 Å². The van der Waals surface area contributed by atoms with Crippen LogP contribution in [-0.4, -0.2) is 33.4 Å². The normalized spacial score (nSPS) is 13.1. The van der Waals surface area contributed by atoms with Crippen LogP contribution in [0.15, 0.2) is 36.7 Å². The molecule has 6 heteroatoms. The molecule has 1 aromatic carbocycles. The highest BCUT2D eigenvalue weighted by molar-refractivity contribution is 5.93. The van der Waals surface area contributed by atoms with E-state index in [1.807, 2.05) is 27.7 Å². The molecule has 0 bridgehead atoms. The molecule has 130 valence electrons. The molecule has 1 amide bonds. The van der Waals surface area contributed by atoms with Crippen molar-refractivity contribution in [1.29, 1.82) is 0 Å². The molecule has 5 nitrogen and oxygen atoms in total. The molecule has 24 heavy (non-hydrogen) atoms. The van der Waals surface area contributed by atoms with Gasteiger partial charge in [0, 0.05) is 18.2 Å². The molecule has 2 N–H and O–H groups in total. The van der Waals surface area contributed by atoms with Crippen LogP contribution < -0.4 is 5.32 Å². The highest BCUT2D eigenvalue weighted by Crippen LogP contribution is 2.25. The summed E-state index contributed by atoms with van der Waals surface area (Å²) in [5.74, 6) is -0.615. The summed E-state index contributed by atoms with van der Waals surface area (Å²) >= 11 is 0. The molecule has 0 fully saturated rings. The van der Waals surface area contributed by atoms with Crippen molar-refractivity contribution in [2.24, 2.45) is 11.3 Å². The summed E-state index contributed by atoms with van der Waals surface area (Å²) in [5, 5.41) is 17.1. The average molecular weight is 333 g/mol. The van der Waals surface area contributed by atoms with Gasteiger partial charge in [0.05, 0.1) is 17.9 Å². The Hall–Kier alpha value is -2.21. The van der Waals surface area contributed by atoms with Crippen LogP contribution in [0.3, 0.4) is 0 Å². The lowest BCUT2D eigenvalue weighted by Gasteiger charge is -2.33. The number of nitrogens with zero attached hydrogens (tertiary/aromatic N) is 2. The summed E-state index contributed by atoms with van der Waals surface area (Å²) in [4.78, 5) is 12.3. The Morgan fingerprint density at radius 3 is 2.67 bits per heavy atom. The number of para-hydroxylation sites is 1. The van der Waals surface area contributed by atoms with Crippen LogP contribution in [0.25, 0.3) is 5.69 Å². The van der Waals surface area contributed by atoms with Crippen LogP contribution in [-0.2, 0) is 0 Å². The van der Waals surface area contributed by atoms with Crippen molar-refractivity contribution in [2.75, 3.05) is 6.54 Å². The third-order valence-electron chi connectivity index (χ3n) is 4.08. The van der Waals surface area contributed by atoms with Crippen LogP contribution in [0.1, 0.15) is 38.1 Å². The molecule has 0 spiro atoms. The predicted octanol–water partition coefficient (Wildman–Crippen LogP) is 2.78. The molecular formula is C18H24FN3O2. The van der Waals surface area contributed by atoms with E-state index in [-0.39, 0.29) is 17.5 Å². The molecule has 0 saturated carbocycles. The van der Waals surface area contributed by atoms with Crippen LogP contribution in [0.2, 0.25) is 0 Å². The lowest BCUT2D eigenvalue weighted by Crippen LogP contribution is -2.43. The van der Waals surface area contributed by atoms with E-state index in [1.165, 1.54) is 23.1 Å². The molecule has 1 atom stereocenters. The first-order chi connectivity index (χ1) is 11.2. The van der Waals surface area contributed by atoms with Crippen molar-refractivity contribution in [2.45, 2.75) is 33.8 Å². The zero-order valence-corrected chi connectivity index (χ0v) is 14.5. The van der Waals surface area contributed by atoms with E-state index < -0.39 is 17.3 Å². The Labute approximate surface area is 141 Å². The van der Waals surface area contributed by atoms with Crippen molar-refractivity contribution < 1.29 is 14.3 Å². The minimum Gasteiger partial charge on any atom is -0.392 e. The van der Waals surface area contributed by atoms with E-state index in [0.717, 1.165) is 0 Å². The third kappa shape index (κ3) is 4.00. The van der Waals surface area contributed by atoms with Crippen LogP contribution >= 0.6 is 0 Å². The Balaban J connectivity index is 2.06. The maximum absolute atomic E-state index is 13.8. The maximum atomic E-state index is 13.8. The van der Waals surface area contributed by atoms with Gasteiger partial charge in [0.25, 0.3) is 5.91 Å². The molecule has 0 aliphatic heterocycles. The second-order valence-corrected chi connectivity index (χ2v) is 6.99. The fourth-order valence-corrected chi connectivity index (χ4v) is 2.63. The number of carbonyl (C=O) groups excluding carboxylic acids is 1. The number of hydrogen-bond donors (Lipinski definition) is 2. The summed E-state index contributed by atoms with van der Waals surface area (Å²) in [6.07, 6.45) is 2.35. The second-order valence-electron chi connectivity index (χ2n) is 6.99. The number of aromatic nitrogens is 2. The molecule has 2 rings (SSSR count). The summed E-state index contributed by atoms with van der Waals surface area (Å²) in [5.41, 5.74) is 0.172. The van der Waals surface area contributed by atoms with Crippen LogP contribution in [0.5, 0.6) is 0 Å². The minimum atomic E-state index is -0.529. The molecule has 0 radical (unpaired) electrons. The van der Waals surface area contributed by atoms with Gasteiger partial charge in [0.1, 0.15) is 11.5 Å². The number of amides is 1. The van der Waals surface area contributed by atoms with Gasteiger partial charge in [-0.05, 0) is 18.1 Å². The summed E-state index contributed by atoms with van der Waals surface area (Å²) in [6, 6.07) is 6.23. The van der Waals surface area contributed by atoms with E-state index in [2.05, 4.69) is 10.4 Å². The maximum Gasteiger partial charge on any atom is 0.254 e. The number of halogens is 1. The Bertz CT molecular complexity index is 710. The molecular weight excluding hydrogens is 309 g/mol. The number of carbonyl (C=O) groups is 1. The quantitative estimate of drug-likeness (QED) is 0.854. The third-order valence-corrected chi connectivity index (χ3v) is 4.08. The minimum absolute atomic E-state index is 0.0979. The first kappa shape index (κ1) is 18.1. The van der Waals surface area contributed by atoms with Crippen molar-refractivity contribution in [3.05, 3.63) is 48.0 Å². The van der Waals surface area contributed by atoms with Gasteiger partial charge < -0.3 is 10.4 Å². The lowest BCUT2D eigenvalue weighted by atomic mass is 9.80. The molecule has 1 unspecified atom stereocenters. The summed E-state index contributed by atoms with van der Waals surface area (Å²) < 4.78 is 15.1. The molecule has 1 aromatic heterocycles. The van der Waals surface area contributed by atoms with Gasteiger partial charge in [-0.25, -0.2) is 9.07 Å². The van der Waals surface area contributed by atoms with Crippen molar-refractivity contribution in [3.63, 3.8) is 0 Å². The topological polar surface area (TPSA) is 67.2 Å². The van der Waals surface area contributed by atoms with E-state index in [0.29, 0.717) is 12.1 Å². The molecule has 0 aliphatic rings. The van der Waals surface area contributed by atoms with Gasteiger partial charge in [0.15, 0.2) is 0 Å². The van der Waals surface area contributed by atoms with E-state index in [4.69, 9.17) is 0 Å². The standard InChI is InChI=1S/C18H24FN3O2/c1-12(2)16(23)18(3,4)11-20-17(24)13-9-21-22(10-13)15-8-6-5-7-14(15)19/h5-10,12,16,23H,11H2,1-4H3,(H,20,24). The number of aliphatic hydroxyl groups excluding tert-OH is 1. The van der Waals surface area contributed by atoms with E-state index in [9.17, 15) is 14.3 Å². The number of rotatable bonds is 6. The molecule has 0 saturated heterocycles. The Kier molecular flexibility index (Phi) is 5.39. The Morgan fingerprint density at radius 2 is 2.04 bits per heavy atom. The molecule has 0 aliphatic carbocycles. The molecule has 2 aromatic rings. The monoisotopic (exact) mass is 333 g/mol. The van der Waals surface area contributed by atoms with Gasteiger partial charge in [-0.1, -0.05) is 39.8 Å². The van der Waals surface area contributed by atoms with Gasteiger partial charge in [-0.15, -0.1) is 0 Å². The number of aliphatic hydroxyl groups is 1. The smallest absolute Gasteiger partial charge is 0.254 e. The largest absolute Gasteiger partial charge is 0.392 e. The van der Waals surface area contributed by atoms with E-state index >= 15 is 0 Å². The van der Waals surface area contributed by atoms with Gasteiger partial charge >= 0.3 is 0 Å². The summed E-state index contributed by atoms with van der Waals surface area (Å²) in [7, 11) is 0. The number of nitrogens with one attached hydrogen (secondary N) is 1. The van der Waals surface area contributed by atoms with Gasteiger partial charge in [-0.3, -0.25) is 4.79 Å². The molecule has 1 heterocycles. The van der Waals surface area contributed by atoms with Crippen molar-refractivity contribution in [3.8, 4) is 5.69 Å². The van der Waals surface area contributed by atoms with Gasteiger partial charge in [0.2, 0.25) is 0 Å². The lowest BCUT2D eigenvalue weighted by molar-refractivity contribution is 0.0138. The first-order valence-corrected chi connectivity index (χ1v) is 7.98. The SMILES string of the molecule is CC(C)C(O)C(C)(C)CNC(=O)c1cnn(-c2ccccc2F)c1. The van der Waals surface area contributed by atoms with Gasteiger partial charge in [-0.2, -0.15) is 5.10 Å². The second kappa shape index (κ2) is 7.13. The summed E-state index contributed by atoms with van der Waals surface area (Å²) in [6.45, 7) is 8.01. The zero-order chi connectivity index (χ0) is 17.9. The van der Waals surface area contributed by atoms with Crippen molar-refractivity contribution in [1.82, 2.24) is 15.1 Å². The van der Waals surface area contributed by atoms with E-state index in [1.54, 1.807) is 18.2 Å². The number of benzene rings is 1. The average Bonchev–Trinajstić information content (AvgIpc) is 3.02. The van der Waals surface area contributed by atoms with Crippen LogP contribution in [0, 0.1) is 17.2 Å². The highest BCUT2D eigenvalue weighted by atomic mass is 19.1. The van der Waals surface area contributed by atoms with Crippen LogP contribution in [0.4, 0.5) is 4.39 Å². The first-order valence-electron chi connectivity index (χ1n) is 7.98. The number of hydrogen-bond acceptors (Lipinski definition) is 3. The highest BCUT2D eigenvalue weighted by Gasteiger charge is 2.30. The fourth-order valence-electron chi connectivity index (χ4n) is 2.63. The fraction of sp³-hybridized carbons (Fsp3) is 0.444. The predicted molar refractivity (Wildman–Crippen MR) is 90.5 cm³/mol. The zero-order valence-electron chi connectivity index (χ0n) is 14.5.